The topological polar surface area (TPSA) is 95.7 Å². The molecule has 0 saturated heterocycles. The summed E-state index contributed by atoms with van der Waals surface area (Å²) in [6, 6.07) is 0. The summed E-state index contributed by atoms with van der Waals surface area (Å²) in [7, 11) is 0. The first-order chi connectivity index (χ1) is 8.72. The predicted molar refractivity (Wildman–Crippen MR) is 70.9 cm³/mol. The fourth-order valence-corrected chi connectivity index (χ4v) is 0.515. The minimum atomic E-state index is -0.489. The molecule has 6 heteroatoms. The Kier molecular flexibility index (Phi) is 10.8. The van der Waals surface area contributed by atoms with Gasteiger partial charge in [-0.05, 0) is 19.9 Å². The number of rotatable bonds is 6. The normalized spacial score (nSPS) is 8.32. The second kappa shape index (κ2) is 10.8. The van der Waals surface area contributed by atoms with Gasteiger partial charge in [0.2, 0.25) is 5.91 Å². The summed E-state index contributed by atoms with van der Waals surface area (Å²) >= 11 is 0. The molecule has 0 heterocycles. The molecule has 0 rings (SSSR count). The van der Waals surface area contributed by atoms with Crippen molar-refractivity contribution >= 4 is 17.8 Å². The molecule has 0 spiro atoms. The van der Waals surface area contributed by atoms with E-state index in [2.05, 4.69) is 34.9 Å². The van der Waals surface area contributed by atoms with E-state index in [1.165, 1.54) is 0 Å². The zero-order valence-electron chi connectivity index (χ0n) is 11.2. The van der Waals surface area contributed by atoms with Crippen LogP contribution in [0.2, 0.25) is 0 Å². The molecule has 0 unspecified atom stereocenters. The Morgan fingerprint density at radius 2 is 1.26 bits per heavy atom. The number of hydrogen-bond acceptors (Lipinski definition) is 5. The van der Waals surface area contributed by atoms with E-state index in [0.29, 0.717) is 11.1 Å². The summed E-state index contributed by atoms with van der Waals surface area (Å²) in [5.74, 6) is -1.46. The number of carbonyl (C=O) groups is 3. The lowest BCUT2D eigenvalue weighted by Crippen LogP contribution is -2.14. The van der Waals surface area contributed by atoms with Crippen molar-refractivity contribution in [1.29, 1.82) is 0 Å². The second-order valence-electron chi connectivity index (χ2n) is 3.44. The van der Waals surface area contributed by atoms with Crippen LogP contribution in [-0.2, 0) is 23.9 Å². The van der Waals surface area contributed by atoms with Crippen LogP contribution in [0.3, 0.4) is 0 Å². The smallest absolute Gasteiger partial charge is 0.333 e. The average molecular weight is 269 g/mol. The summed E-state index contributed by atoms with van der Waals surface area (Å²) in [4.78, 5) is 31.2. The zero-order valence-corrected chi connectivity index (χ0v) is 11.2. The number of esters is 2. The van der Waals surface area contributed by atoms with Gasteiger partial charge in [-0.1, -0.05) is 19.7 Å². The molecule has 0 aliphatic heterocycles. The molecular weight excluding hydrogens is 250 g/mol. The lowest BCUT2D eigenvalue weighted by Gasteiger charge is -2.05. The Balaban J connectivity index is 0. The van der Waals surface area contributed by atoms with Gasteiger partial charge in [-0.3, -0.25) is 4.79 Å². The molecule has 19 heavy (non-hydrogen) atoms. The van der Waals surface area contributed by atoms with Crippen LogP contribution in [-0.4, -0.2) is 31.1 Å². The molecule has 0 saturated carbocycles. The Labute approximate surface area is 112 Å². The highest BCUT2D eigenvalue weighted by Gasteiger charge is 2.05. The molecular formula is C13H19NO5. The third-order valence-electron chi connectivity index (χ3n) is 1.45. The van der Waals surface area contributed by atoms with Crippen molar-refractivity contribution in [2.24, 2.45) is 5.73 Å². The van der Waals surface area contributed by atoms with Crippen LogP contribution in [0.15, 0.2) is 37.0 Å². The van der Waals surface area contributed by atoms with Crippen LogP contribution in [0.4, 0.5) is 0 Å². The SMILES string of the molecule is C=C(C)C(=O)OCCOC(=O)C(=C)C.C=CC(N)=O. The second-order valence-corrected chi connectivity index (χ2v) is 3.44. The average Bonchev–Trinajstić information content (AvgIpc) is 2.34. The van der Waals surface area contributed by atoms with E-state index in [1.807, 2.05) is 0 Å². The van der Waals surface area contributed by atoms with Crippen LogP contribution in [0.1, 0.15) is 13.8 Å². The third-order valence-corrected chi connectivity index (χ3v) is 1.45. The van der Waals surface area contributed by atoms with Gasteiger partial charge in [0, 0.05) is 11.1 Å². The minimum Gasteiger partial charge on any atom is -0.459 e. The molecule has 0 aromatic carbocycles. The van der Waals surface area contributed by atoms with Crippen LogP contribution in [0, 0.1) is 0 Å². The Morgan fingerprint density at radius 3 is 1.42 bits per heavy atom. The highest BCUT2D eigenvalue weighted by Crippen LogP contribution is 1.94. The highest BCUT2D eigenvalue weighted by molar-refractivity contribution is 5.87. The molecule has 0 aromatic rings. The van der Waals surface area contributed by atoms with Gasteiger partial charge in [0.15, 0.2) is 0 Å². The third kappa shape index (κ3) is 13.6. The van der Waals surface area contributed by atoms with Gasteiger partial charge in [0.1, 0.15) is 13.2 Å². The van der Waals surface area contributed by atoms with Crippen molar-refractivity contribution in [3.8, 4) is 0 Å². The number of primary amides is 1. The standard InChI is InChI=1S/C10H14O4.C3H5NO/c1-7(2)9(11)13-5-6-14-10(12)8(3)4;1-2-3(4)5/h1,3,5-6H2,2,4H3;2H,1H2,(H2,4,5). The summed E-state index contributed by atoms with van der Waals surface area (Å²) < 4.78 is 9.38. The van der Waals surface area contributed by atoms with Gasteiger partial charge in [-0.25, -0.2) is 9.59 Å². The maximum atomic E-state index is 10.8. The Morgan fingerprint density at radius 1 is 1.00 bits per heavy atom. The quantitative estimate of drug-likeness (QED) is 0.439. The number of ether oxygens (including phenoxy) is 2. The summed E-state index contributed by atoms with van der Waals surface area (Å²) in [6.07, 6.45) is 1.06. The van der Waals surface area contributed by atoms with Gasteiger partial charge in [-0.2, -0.15) is 0 Å². The molecule has 2 N–H and O–H groups in total. The summed E-state index contributed by atoms with van der Waals surface area (Å²) in [5.41, 5.74) is 5.17. The molecule has 1 amide bonds. The van der Waals surface area contributed by atoms with E-state index in [0.717, 1.165) is 6.08 Å². The van der Waals surface area contributed by atoms with Crippen molar-refractivity contribution in [2.75, 3.05) is 13.2 Å². The Bertz CT molecular complexity index is 356. The maximum Gasteiger partial charge on any atom is 0.333 e. The first kappa shape index (κ1) is 19.0. The van der Waals surface area contributed by atoms with Gasteiger partial charge in [0.05, 0.1) is 0 Å². The molecule has 0 atom stereocenters. The zero-order chi connectivity index (χ0) is 15.4. The molecule has 6 nitrogen and oxygen atoms in total. The van der Waals surface area contributed by atoms with E-state index >= 15 is 0 Å². The number of amides is 1. The fraction of sp³-hybridized carbons (Fsp3) is 0.308. The molecule has 0 aliphatic carbocycles. The Hall–Kier alpha value is -2.37. The van der Waals surface area contributed by atoms with Crippen molar-refractivity contribution in [1.82, 2.24) is 0 Å². The van der Waals surface area contributed by atoms with Crippen molar-refractivity contribution in [2.45, 2.75) is 13.8 Å². The van der Waals surface area contributed by atoms with E-state index in [1.54, 1.807) is 13.8 Å². The van der Waals surface area contributed by atoms with E-state index in [4.69, 9.17) is 0 Å². The lowest BCUT2D eigenvalue weighted by molar-refractivity contribution is -0.147. The van der Waals surface area contributed by atoms with Crippen LogP contribution >= 0.6 is 0 Å². The molecule has 106 valence electrons. The highest BCUT2D eigenvalue weighted by atomic mass is 16.6. The van der Waals surface area contributed by atoms with E-state index in [-0.39, 0.29) is 13.2 Å². The fourth-order valence-electron chi connectivity index (χ4n) is 0.515. The van der Waals surface area contributed by atoms with Crippen molar-refractivity contribution < 1.29 is 23.9 Å². The molecule has 0 aliphatic rings. The number of hydrogen-bond donors (Lipinski definition) is 1. The first-order valence-electron chi connectivity index (χ1n) is 5.29. The number of nitrogens with two attached hydrogens (primary N) is 1. The van der Waals surface area contributed by atoms with Crippen LogP contribution in [0.25, 0.3) is 0 Å². The van der Waals surface area contributed by atoms with Crippen LogP contribution < -0.4 is 5.73 Å². The minimum absolute atomic E-state index is 0.0325. The molecule has 0 aromatic heterocycles. The van der Waals surface area contributed by atoms with Gasteiger partial charge in [0.25, 0.3) is 0 Å². The molecule has 0 radical (unpaired) electrons. The van der Waals surface area contributed by atoms with E-state index in [9.17, 15) is 14.4 Å². The maximum absolute atomic E-state index is 10.8. The van der Waals surface area contributed by atoms with Crippen LogP contribution in [0.5, 0.6) is 0 Å². The summed E-state index contributed by atoms with van der Waals surface area (Å²) in [5, 5.41) is 0. The largest absolute Gasteiger partial charge is 0.459 e. The van der Waals surface area contributed by atoms with Crippen molar-refractivity contribution in [3.63, 3.8) is 0 Å². The van der Waals surface area contributed by atoms with Gasteiger partial charge < -0.3 is 15.2 Å². The van der Waals surface area contributed by atoms with Gasteiger partial charge >= 0.3 is 11.9 Å². The molecule has 0 bridgehead atoms. The summed E-state index contributed by atoms with van der Waals surface area (Å²) in [6.45, 7) is 13.0. The monoisotopic (exact) mass is 269 g/mol. The van der Waals surface area contributed by atoms with E-state index < -0.39 is 17.8 Å². The lowest BCUT2D eigenvalue weighted by atomic mass is 10.4. The van der Waals surface area contributed by atoms with Gasteiger partial charge in [-0.15, -0.1) is 0 Å². The predicted octanol–water partition coefficient (Wildman–Crippen LogP) is 0.883. The number of carbonyl (C=O) groups excluding carboxylic acids is 3. The first-order valence-corrected chi connectivity index (χ1v) is 5.29. The van der Waals surface area contributed by atoms with Crippen molar-refractivity contribution in [3.05, 3.63) is 37.0 Å². The molecule has 0 fully saturated rings.